The van der Waals surface area contributed by atoms with E-state index in [4.69, 9.17) is 5.26 Å². The van der Waals surface area contributed by atoms with Gasteiger partial charge in [-0.05, 0) is 19.1 Å². The van der Waals surface area contributed by atoms with Gasteiger partial charge in [-0.2, -0.15) is 5.26 Å². The van der Waals surface area contributed by atoms with Crippen molar-refractivity contribution in [1.82, 2.24) is 4.90 Å². The molecule has 112 valence electrons. The van der Waals surface area contributed by atoms with Crippen LogP contribution in [0, 0.1) is 11.3 Å². The molecular weight excluding hydrogens is 268 g/mol. The second-order valence-electron chi connectivity index (χ2n) is 5.18. The highest BCUT2D eigenvalue weighted by atomic mass is 16.2. The molecule has 21 heavy (non-hydrogen) atoms. The number of hydrogen-bond acceptors (Lipinski definition) is 3. The number of nitrogens with one attached hydrogen (secondary N) is 2. The van der Waals surface area contributed by atoms with Crippen molar-refractivity contribution in [2.75, 3.05) is 33.0 Å². The summed E-state index contributed by atoms with van der Waals surface area (Å²) in [6.07, 6.45) is 0. The second-order valence-corrected chi connectivity index (χ2v) is 5.18. The molecule has 2 amide bonds. The van der Waals surface area contributed by atoms with Crippen LogP contribution in [-0.4, -0.2) is 50.4 Å². The number of nitriles is 1. The lowest BCUT2D eigenvalue weighted by Crippen LogP contribution is -3.15. The van der Waals surface area contributed by atoms with Crippen LogP contribution >= 0.6 is 0 Å². The van der Waals surface area contributed by atoms with Crippen molar-refractivity contribution in [2.24, 2.45) is 0 Å². The van der Waals surface area contributed by atoms with Gasteiger partial charge < -0.3 is 15.1 Å². The van der Waals surface area contributed by atoms with Crippen LogP contribution in [0.25, 0.3) is 0 Å². The average Bonchev–Trinajstić information content (AvgIpc) is 2.46. The Balaban J connectivity index is 2.71. The van der Waals surface area contributed by atoms with E-state index in [1.54, 1.807) is 52.3 Å². The minimum absolute atomic E-state index is 0.0374. The highest BCUT2D eigenvalue weighted by Gasteiger charge is 2.25. The van der Waals surface area contributed by atoms with Gasteiger partial charge in [0.25, 0.3) is 11.8 Å². The number of carbonyl (C=O) groups is 2. The molecule has 0 aromatic heterocycles. The molecule has 0 bridgehead atoms. The number of nitrogens with zero attached hydrogens (tertiary/aromatic N) is 2. The van der Waals surface area contributed by atoms with Crippen molar-refractivity contribution in [3.63, 3.8) is 0 Å². The van der Waals surface area contributed by atoms with E-state index in [1.165, 1.54) is 4.90 Å². The van der Waals surface area contributed by atoms with Gasteiger partial charge in [0.05, 0.1) is 18.3 Å². The zero-order valence-corrected chi connectivity index (χ0v) is 12.8. The van der Waals surface area contributed by atoms with E-state index in [0.29, 0.717) is 11.3 Å². The second kappa shape index (κ2) is 7.41. The van der Waals surface area contributed by atoms with Crippen LogP contribution in [-0.2, 0) is 9.59 Å². The van der Waals surface area contributed by atoms with Gasteiger partial charge in [0.15, 0.2) is 12.6 Å². The largest absolute Gasteiger partial charge is 0.344 e. The Morgan fingerprint density at radius 1 is 1.38 bits per heavy atom. The number of likely N-dealkylation sites (N-methyl/N-ethyl adjacent to an activating group) is 2. The summed E-state index contributed by atoms with van der Waals surface area (Å²) in [5.41, 5.74) is 0.906. The molecule has 0 radical (unpaired) electrons. The first-order valence-electron chi connectivity index (χ1n) is 6.69. The molecule has 1 aromatic rings. The van der Waals surface area contributed by atoms with Crippen LogP contribution in [0.5, 0.6) is 0 Å². The molecule has 0 saturated heterocycles. The van der Waals surface area contributed by atoms with Crippen LogP contribution in [0.4, 0.5) is 5.69 Å². The van der Waals surface area contributed by atoms with Crippen LogP contribution in [0.2, 0.25) is 0 Å². The highest BCUT2D eigenvalue weighted by molar-refractivity contribution is 5.94. The zero-order chi connectivity index (χ0) is 16.0. The predicted octanol–water partition coefficient (Wildman–Crippen LogP) is -0.512. The van der Waals surface area contributed by atoms with Crippen molar-refractivity contribution in [3.8, 4) is 6.07 Å². The maximum Gasteiger partial charge on any atom is 0.282 e. The van der Waals surface area contributed by atoms with E-state index in [9.17, 15) is 9.59 Å². The molecule has 1 unspecified atom stereocenters. The fourth-order valence-corrected chi connectivity index (χ4v) is 1.70. The van der Waals surface area contributed by atoms with E-state index >= 15 is 0 Å². The lowest BCUT2D eigenvalue weighted by molar-refractivity contribution is -0.886. The van der Waals surface area contributed by atoms with Gasteiger partial charge in [0, 0.05) is 14.1 Å². The van der Waals surface area contributed by atoms with Gasteiger partial charge in [-0.15, -0.1) is 0 Å². The molecule has 0 fully saturated rings. The van der Waals surface area contributed by atoms with E-state index in [2.05, 4.69) is 5.32 Å². The third-order valence-corrected chi connectivity index (χ3v) is 3.37. The van der Waals surface area contributed by atoms with E-state index in [0.717, 1.165) is 4.90 Å². The van der Waals surface area contributed by atoms with Crippen molar-refractivity contribution in [1.29, 1.82) is 5.26 Å². The third kappa shape index (κ3) is 4.58. The zero-order valence-electron chi connectivity index (χ0n) is 12.8. The topological polar surface area (TPSA) is 77.6 Å². The van der Waals surface area contributed by atoms with Gasteiger partial charge in [-0.3, -0.25) is 9.59 Å². The van der Waals surface area contributed by atoms with Gasteiger partial charge in [-0.25, -0.2) is 0 Å². The highest BCUT2D eigenvalue weighted by Crippen LogP contribution is 2.13. The Labute approximate surface area is 125 Å². The Morgan fingerprint density at radius 3 is 2.57 bits per heavy atom. The number of rotatable bonds is 5. The number of carbonyl (C=O) groups excluding carboxylic acids is 2. The first kappa shape index (κ1) is 16.7. The Morgan fingerprint density at radius 2 is 2.00 bits per heavy atom. The van der Waals surface area contributed by atoms with E-state index in [1.807, 2.05) is 6.07 Å². The maximum absolute atomic E-state index is 12.2. The standard InChI is InChI=1S/C15H20N4O2/c1-11(19(4)10-14(20)18(2)3)15(21)17-13-8-6-5-7-12(13)9-16/h5-8,11H,10H2,1-4H3,(H,17,21)/p+1/t11-/m1/s1. The molecule has 0 spiro atoms. The van der Waals surface area contributed by atoms with Gasteiger partial charge in [-0.1, -0.05) is 12.1 Å². The predicted molar refractivity (Wildman–Crippen MR) is 79.7 cm³/mol. The van der Waals surface area contributed by atoms with E-state index < -0.39 is 6.04 Å². The average molecular weight is 289 g/mol. The van der Waals surface area contributed by atoms with Crippen molar-refractivity contribution >= 4 is 17.5 Å². The minimum Gasteiger partial charge on any atom is -0.344 e. The molecular formula is C15H21N4O2+. The van der Waals surface area contributed by atoms with Crippen LogP contribution < -0.4 is 10.2 Å². The molecule has 2 atom stereocenters. The molecule has 6 heteroatoms. The summed E-state index contributed by atoms with van der Waals surface area (Å²) in [6, 6.07) is 8.46. The summed E-state index contributed by atoms with van der Waals surface area (Å²) in [6.45, 7) is 1.99. The summed E-state index contributed by atoms with van der Waals surface area (Å²) in [5, 5.41) is 11.7. The number of hydrogen-bond donors (Lipinski definition) is 2. The fourth-order valence-electron chi connectivity index (χ4n) is 1.70. The molecule has 0 saturated carbocycles. The molecule has 1 rings (SSSR count). The van der Waals surface area contributed by atoms with Gasteiger partial charge >= 0.3 is 0 Å². The monoisotopic (exact) mass is 289 g/mol. The minimum atomic E-state index is -0.402. The molecule has 0 aliphatic carbocycles. The first-order chi connectivity index (χ1) is 9.86. The van der Waals surface area contributed by atoms with Gasteiger partial charge in [0.2, 0.25) is 0 Å². The quantitative estimate of drug-likeness (QED) is 0.766. The molecule has 0 aliphatic heterocycles. The fraction of sp³-hybridized carbons (Fsp3) is 0.400. The summed E-state index contributed by atoms with van der Waals surface area (Å²) in [7, 11) is 5.16. The molecule has 1 aromatic carbocycles. The Hall–Kier alpha value is -2.39. The van der Waals surface area contributed by atoms with Crippen LogP contribution in [0.15, 0.2) is 24.3 Å². The van der Waals surface area contributed by atoms with Crippen LogP contribution in [0.3, 0.4) is 0 Å². The lowest BCUT2D eigenvalue weighted by atomic mass is 10.2. The molecule has 2 N–H and O–H groups in total. The number of amides is 2. The van der Waals surface area contributed by atoms with Gasteiger partial charge in [0.1, 0.15) is 6.07 Å². The normalized spacial score (nSPS) is 12.9. The first-order valence-corrected chi connectivity index (χ1v) is 6.69. The lowest BCUT2D eigenvalue weighted by Gasteiger charge is -2.22. The Kier molecular flexibility index (Phi) is 5.88. The SMILES string of the molecule is C[C@H](C(=O)Nc1ccccc1C#N)[NH+](C)CC(=O)N(C)C. The van der Waals surface area contributed by atoms with Crippen molar-refractivity contribution in [3.05, 3.63) is 29.8 Å². The summed E-state index contributed by atoms with van der Waals surface area (Å²) in [4.78, 5) is 26.2. The van der Waals surface area contributed by atoms with Crippen LogP contribution in [0.1, 0.15) is 12.5 Å². The number of benzene rings is 1. The van der Waals surface area contributed by atoms with Crippen molar-refractivity contribution in [2.45, 2.75) is 13.0 Å². The number of anilines is 1. The summed E-state index contributed by atoms with van der Waals surface area (Å²) in [5.74, 6) is -0.258. The summed E-state index contributed by atoms with van der Waals surface area (Å²) >= 11 is 0. The summed E-state index contributed by atoms with van der Waals surface area (Å²) < 4.78 is 0. The molecule has 0 heterocycles. The Bertz CT molecular complexity index is 563. The molecule has 6 nitrogen and oxygen atoms in total. The smallest absolute Gasteiger partial charge is 0.282 e. The van der Waals surface area contributed by atoms with Crippen molar-refractivity contribution < 1.29 is 14.5 Å². The molecule has 0 aliphatic rings. The number of quaternary nitrogens is 1. The third-order valence-electron chi connectivity index (χ3n) is 3.37. The number of para-hydroxylation sites is 1. The van der Waals surface area contributed by atoms with E-state index in [-0.39, 0.29) is 18.4 Å². The maximum atomic E-state index is 12.2.